The third-order valence-electron chi connectivity index (χ3n) is 3.86. The van der Waals surface area contributed by atoms with Crippen molar-refractivity contribution in [2.24, 2.45) is 0 Å². The van der Waals surface area contributed by atoms with Crippen molar-refractivity contribution < 1.29 is 13.2 Å². The van der Waals surface area contributed by atoms with Gasteiger partial charge in [0.05, 0.1) is 0 Å². The van der Waals surface area contributed by atoms with Gasteiger partial charge in [0.25, 0.3) is 0 Å². The molecule has 1 heterocycles. The second-order valence-corrected chi connectivity index (χ2v) is 5.68. The first-order valence-electron chi connectivity index (χ1n) is 6.20. The Morgan fingerprint density at radius 2 is 1.41 bits per heavy atom. The first-order chi connectivity index (χ1) is 7.97. The lowest BCUT2D eigenvalue weighted by Crippen LogP contribution is -2.54. The molecule has 0 bridgehead atoms. The van der Waals surface area contributed by atoms with Gasteiger partial charge < -0.3 is 0 Å². The molecule has 0 aromatic carbocycles. The molecule has 1 aliphatic carbocycles. The molecular formula is C11H19F3N2S. The highest BCUT2D eigenvalue weighted by molar-refractivity contribution is 7.80. The van der Waals surface area contributed by atoms with Crippen LogP contribution in [-0.2, 0) is 0 Å². The minimum atomic E-state index is -4.16. The molecular weight excluding hydrogens is 249 g/mol. The van der Waals surface area contributed by atoms with Crippen LogP contribution in [0.1, 0.15) is 25.7 Å². The molecule has 2 fully saturated rings. The summed E-state index contributed by atoms with van der Waals surface area (Å²) < 4.78 is 37.4. The Balaban J connectivity index is 1.79. The van der Waals surface area contributed by atoms with E-state index in [-0.39, 0.29) is 13.1 Å². The van der Waals surface area contributed by atoms with Crippen LogP contribution in [0.2, 0.25) is 0 Å². The summed E-state index contributed by atoms with van der Waals surface area (Å²) in [4.78, 5) is 2.84. The highest BCUT2D eigenvalue weighted by Crippen LogP contribution is 2.28. The Labute approximate surface area is 106 Å². The summed E-state index contributed by atoms with van der Waals surface area (Å²) in [5.74, 6) is 0. The van der Waals surface area contributed by atoms with Crippen LogP contribution in [-0.4, -0.2) is 53.6 Å². The van der Waals surface area contributed by atoms with Crippen molar-refractivity contribution in [2.75, 3.05) is 26.2 Å². The number of halogens is 3. The molecule has 1 saturated carbocycles. The monoisotopic (exact) mass is 268 g/mol. The van der Waals surface area contributed by atoms with E-state index in [9.17, 15) is 13.2 Å². The van der Waals surface area contributed by atoms with Gasteiger partial charge in [0.1, 0.15) is 0 Å². The zero-order valence-corrected chi connectivity index (χ0v) is 10.7. The predicted octanol–water partition coefficient (Wildman–Crippen LogP) is 2.36. The summed E-state index contributed by atoms with van der Waals surface area (Å²) in [7, 11) is 0. The smallest absolute Gasteiger partial charge is 0.298 e. The average molecular weight is 268 g/mol. The molecule has 2 rings (SSSR count). The van der Waals surface area contributed by atoms with Crippen LogP contribution in [0, 0.1) is 0 Å². The van der Waals surface area contributed by atoms with Gasteiger partial charge in [0, 0.05) is 37.5 Å². The summed E-state index contributed by atoms with van der Waals surface area (Å²) in [5.41, 5.74) is 0. The maximum absolute atomic E-state index is 12.5. The first-order valence-corrected chi connectivity index (χ1v) is 6.72. The number of thiol groups is 1. The number of alkyl halides is 3. The van der Waals surface area contributed by atoms with Crippen molar-refractivity contribution >= 4 is 12.6 Å². The first kappa shape index (κ1) is 13.5. The van der Waals surface area contributed by atoms with E-state index in [1.807, 2.05) is 0 Å². The van der Waals surface area contributed by atoms with Crippen LogP contribution in [0.15, 0.2) is 0 Å². The molecule has 2 nitrogen and oxygen atoms in total. The van der Waals surface area contributed by atoms with E-state index in [1.165, 1.54) is 0 Å². The van der Waals surface area contributed by atoms with E-state index < -0.39 is 6.30 Å². The van der Waals surface area contributed by atoms with Gasteiger partial charge in [0.2, 0.25) is 0 Å². The zero-order chi connectivity index (χ0) is 12.5. The molecule has 17 heavy (non-hydrogen) atoms. The Kier molecular flexibility index (Phi) is 4.26. The van der Waals surface area contributed by atoms with E-state index in [2.05, 4.69) is 17.5 Å². The molecule has 6 heteroatoms. The third-order valence-corrected chi connectivity index (χ3v) is 4.37. The number of hydrogen-bond acceptors (Lipinski definition) is 3. The second-order valence-electron chi connectivity index (χ2n) is 4.95. The van der Waals surface area contributed by atoms with Gasteiger partial charge in [-0.15, -0.1) is 0 Å². The predicted molar refractivity (Wildman–Crippen MR) is 64.2 cm³/mol. The topological polar surface area (TPSA) is 6.48 Å². The number of rotatable bonds is 1. The van der Waals surface area contributed by atoms with Crippen molar-refractivity contribution in [1.29, 1.82) is 0 Å². The summed E-state index contributed by atoms with van der Waals surface area (Å²) in [6.45, 7) is 1.32. The molecule has 0 spiro atoms. The van der Waals surface area contributed by atoms with Crippen LogP contribution in [0.25, 0.3) is 0 Å². The Morgan fingerprint density at radius 3 is 1.88 bits per heavy atom. The highest BCUT2D eigenvalue weighted by atomic mass is 32.1. The number of hydrogen-bond donors (Lipinski definition) is 1. The van der Waals surface area contributed by atoms with Gasteiger partial charge in [-0.3, -0.25) is 4.90 Å². The molecule has 0 radical (unpaired) electrons. The van der Waals surface area contributed by atoms with E-state index in [0.29, 0.717) is 29.3 Å². The largest absolute Gasteiger partial charge is 0.460 e. The maximum atomic E-state index is 12.5. The Hall–Kier alpha value is 0.0600. The van der Waals surface area contributed by atoms with Gasteiger partial charge in [-0.05, 0) is 25.7 Å². The van der Waals surface area contributed by atoms with Crippen molar-refractivity contribution in [3.05, 3.63) is 0 Å². The molecule has 1 saturated heterocycles. The summed E-state index contributed by atoms with van der Waals surface area (Å²) in [6.07, 6.45) is 0.190. The van der Waals surface area contributed by atoms with Crippen molar-refractivity contribution in [3.63, 3.8) is 0 Å². The minimum absolute atomic E-state index is 0.115. The molecule has 0 amide bonds. The van der Waals surface area contributed by atoms with E-state index in [0.717, 1.165) is 25.7 Å². The summed E-state index contributed by atoms with van der Waals surface area (Å²) >= 11 is 4.44. The van der Waals surface area contributed by atoms with Crippen LogP contribution in [0.3, 0.4) is 0 Å². The fourth-order valence-corrected chi connectivity index (χ4v) is 3.06. The lowest BCUT2D eigenvalue weighted by molar-refractivity contribution is -0.253. The summed E-state index contributed by atoms with van der Waals surface area (Å²) in [6, 6.07) is 0.480. The molecule has 0 aromatic rings. The Morgan fingerprint density at radius 1 is 0.882 bits per heavy atom. The minimum Gasteiger partial charge on any atom is -0.298 e. The molecule has 0 N–H and O–H groups in total. The fraction of sp³-hybridized carbons (Fsp3) is 1.00. The zero-order valence-electron chi connectivity index (χ0n) is 9.79. The highest BCUT2D eigenvalue weighted by Gasteiger charge is 2.39. The van der Waals surface area contributed by atoms with Crippen molar-refractivity contribution in [1.82, 2.24) is 9.80 Å². The van der Waals surface area contributed by atoms with Gasteiger partial charge in [-0.1, -0.05) is 0 Å². The van der Waals surface area contributed by atoms with E-state index >= 15 is 0 Å². The average Bonchev–Trinajstić information content (AvgIpc) is 2.29. The lowest BCUT2D eigenvalue weighted by atomic mass is 9.93. The second kappa shape index (κ2) is 5.36. The quantitative estimate of drug-likeness (QED) is 0.576. The number of nitrogens with zero attached hydrogens (tertiary/aromatic N) is 2. The standard InChI is InChI=1S/C11H19F3N2S/c12-11(13,14)16-7-5-15(6-8-16)9-1-3-10(17)4-2-9/h9-10,17H,1-8H2. The van der Waals surface area contributed by atoms with Gasteiger partial charge in [-0.25, -0.2) is 4.90 Å². The lowest BCUT2D eigenvalue weighted by Gasteiger charge is -2.41. The molecule has 2 aliphatic rings. The third kappa shape index (κ3) is 3.51. The molecule has 100 valence electrons. The van der Waals surface area contributed by atoms with Crippen molar-refractivity contribution in [2.45, 2.75) is 43.3 Å². The molecule has 0 aromatic heterocycles. The van der Waals surface area contributed by atoms with E-state index in [4.69, 9.17) is 0 Å². The number of piperazine rings is 1. The van der Waals surface area contributed by atoms with E-state index in [1.54, 1.807) is 0 Å². The van der Waals surface area contributed by atoms with Crippen LogP contribution in [0.4, 0.5) is 13.2 Å². The molecule has 0 atom stereocenters. The van der Waals surface area contributed by atoms with Gasteiger partial charge in [0.15, 0.2) is 0 Å². The maximum Gasteiger partial charge on any atom is 0.460 e. The van der Waals surface area contributed by atoms with Gasteiger partial charge in [-0.2, -0.15) is 25.8 Å². The normalized spacial score (nSPS) is 33.9. The van der Waals surface area contributed by atoms with Crippen LogP contribution >= 0.6 is 12.6 Å². The van der Waals surface area contributed by atoms with Crippen LogP contribution < -0.4 is 0 Å². The van der Waals surface area contributed by atoms with Gasteiger partial charge >= 0.3 is 6.30 Å². The van der Waals surface area contributed by atoms with Crippen LogP contribution in [0.5, 0.6) is 0 Å². The molecule has 1 aliphatic heterocycles. The van der Waals surface area contributed by atoms with Crippen molar-refractivity contribution in [3.8, 4) is 0 Å². The molecule has 0 unspecified atom stereocenters. The summed E-state index contributed by atoms with van der Waals surface area (Å²) in [5, 5.41) is 0.489. The SMILES string of the molecule is FC(F)(F)N1CCN(C2CCC(S)CC2)CC1. The Bertz CT molecular complexity index is 244. The fourth-order valence-electron chi connectivity index (χ4n) is 2.76.